The van der Waals surface area contributed by atoms with E-state index >= 15 is 0 Å². The zero-order chi connectivity index (χ0) is 11.8. The van der Waals surface area contributed by atoms with Gasteiger partial charge >= 0.3 is 0 Å². The molecule has 0 fully saturated rings. The average Bonchev–Trinajstić information content (AvgIpc) is 2.30. The highest BCUT2D eigenvalue weighted by Gasteiger charge is 2.09. The zero-order valence-corrected chi connectivity index (χ0v) is 10.1. The Morgan fingerprint density at radius 2 is 2.19 bits per heavy atom. The van der Waals surface area contributed by atoms with Crippen molar-refractivity contribution in [1.82, 2.24) is 15.3 Å². The van der Waals surface area contributed by atoms with Gasteiger partial charge in [0.1, 0.15) is 6.33 Å². The number of nitrogens with zero attached hydrogens (tertiary/aromatic N) is 2. The third-order valence-electron chi connectivity index (χ3n) is 2.22. The quantitative estimate of drug-likeness (QED) is 0.738. The van der Waals surface area contributed by atoms with Crippen molar-refractivity contribution in [3.05, 3.63) is 18.1 Å². The molecule has 90 valence electrons. The lowest BCUT2D eigenvalue weighted by molar-refractivity contribution is 0.166. The number of aromatic nitrogens is 2. The molecule has 1 atom stereocenters. The molecule has 5 heteroatoms. The van der Waals surface area contributed by atoms with E-state index < -0.39 is 0 Å². The number of hydrogen-bond donors (Lipinski definition) is 1. The van der Waals surface area contributed by atoms with E-state index in [-0.39, 0.29) is 6.04 Å². The molecular weight excluding hydrogens is 206 g/mol. The second kappa shape index (κ2) is 7.14. The van der Waals surface area contributed by atoms with Crippen LogP contribution in [0, 0.1) is 0 Å². The minimum absolute atomic E-state index is 0.273. The largest absolute Gasteiger partial charge is 0.481 e. The van der Waals surface area contributed by atoms with Gasteiger partial charge in [0.15, 0.2) is 0 Å². The first-order chi connectivity index (χ1) is 7.80. The fourth-order valence-electron chi connectivity index (χ4n) is 1.53. The van der Waals surface area contributed by atoms with Gasteiger partial charge in [-0.3, -0.25) is 0 Å². The lowest BCUT2D eigenvalue weighted by Gasteiger charge is -2.16. The van der Waals surface area contributed by atoms with Crippen molar-refractivity contribution in [2.75, 3.05) is 27.4 Å². The molecular formula is C11H19N3O2. The first-order valence-corrected chi connectivity index (χ1v) is 5.37. The van der Waals surface area contributed by atoms with Crippen LogP contribution in [0.5, 0.6) is 5.88 Å². The molecule has 0 saturated carbocycles. The number of methoxy groups -OCH3 is 2. The van der Waals surface area contributed by atoms with Crippen molar-refractivity contribution in [3.8, 4) is 5.88 Å². The van der Waals surface area contributed by atoms with Gasteiger partial charge in [0.05, 0.1) is 13.7 Å². The topological polar surface area (TPSA) is 56.3 Å². The standard InChI is InChI=1S/C11H19N3O2/c1-4-12-10(7-15-2)5-9-6-11(16-3)14-8-13-9/h6,8,10,12H,4-5,7H2,1-3H3. The molecule has 1 rings (SSSR count). The van der Waals surface area contributed by atoms with Crippen LogP contribution in [0.4, 0.5) is 0 Å². The Labute approximate surface area is 96.2 Å². The summed E-state index contributed by atoms with van der Waals surface area (Å²) in [7, 11) is 3.30. The van der Waals surface area contributed by atoms with Crippen LogP contribution in [-0.4, -0.2) is 43.4 Å². The number of ether oxygens (including phenoxy) is 2. The summed E-state index contributed by atoms with van der Waals surface area (Å²) in [5, 5.41) is 3.34. The fraction of sp³-hybridized carbons (Fsp3) is 0.636. The second-order valence-corrected chi connectivity index (χ2v) is 3.47. The van der Waals surface area contributed by atoms with Crippen molar-refractivity contribution in [1.29, 1.82) is 0 Å². The molecule has 5 nitrogen and oxygen atoms in total. The van der Waals surface area contributed by atoms with Gasteiger partial charge in [-0.25, -0.2) is 9.97 Å². The molecule has 0 amide bonds. The molecule has 0 bridgehead atoms. The third-order valence-corrected chi connectivity index (χ3v) is 2.22. The maximum Gasteiger partial charge on any atom is 0.216 e. The Bertz CT molecular complexity index is 301. The van der Waals surface area contributed by atoms with Crippen LogP contribution in [0.15, 0.2) is 12.4 Å². The molecule has 0 aromatic carbocycles. The number of nitrogens with one attached hydrogen (secondary N) is 1. The number of rotatable bonds is 7. The van der Waals surface area contributed by atoms with Gasteiger partial charge in [-0.15, -0.1) is 0 Å². The van der Waals surface area contributed by atoms with Crippen molar-refractivity contribution >= 4 is 0 Å². The van der Waals surface area contributed by atoms with Gasteiger partial charge in [0, 0.05) is 31.3 Å². The molecule has 1 aromatic rings. The van der Waals surface area contributed by atoms with Crippen molar-refractivity contribution in [3.63, 3.8) is 0 Å². The first-order valence-electron chi connectivity index (χ1n) is 5.37. The minimum atomic E-state index is 0.273. The summed E-state index contributed by atoms with van der Waals surface area (Å²) in [4.78, 5) is 8.18. The van der Waals surface area contributed by atoms with E-state index in [0.717, 1.165) is 18.7 Å². The summed E-state index contributed by atoms with van der Waals surface area (Å²) >= 11 is 0. The predicted octanol–water partition coefficient (Wildman–Crippen LogP) is 0.652. The SMILES string of the molecule is CCNC(COC)Cc1cc(OC)ncn1. The van der Waals surface area contributed by atoms with E-state index in [9.17, 15) is 0 Å². The minimum Gasteiger partial charge on any atom is -0.481 e. The smallest absolute Gasteiger partial charge is 0.216 e. The molecule has 1 heterocycles. The summed E-state index contributed by atoms with van der Waals surface area (Å²) in [5.41, 5.74) is 0.954. The van der Waals surface area contributed by atoms with E-state index in [2.05, 4.69) is 22.2 Å². The van der Waals surface area contributed by atoms with E-state index in [1.165, 1.54) is 6.33 Å². The molecule has 1 N–H and O–H groups in total. The lowest BCUT2D eigenvalue weighted by atomic mass is 10.1. The molecule has 1 aromatic heterocycles. The maximum absolute atomic E-state index is 5.15. The van der Waals surface area contributed by atoms with Crippen LogP contribution in [0.2, 0.25) is 0 Å². The molecule has 0 aliphatic rings. The maximum atomic E-state index is 5.15. The summed E-state index contributed by atoms with van der Waals surface area (Å²) in [6, 6.07) is 2.12. The fourth-order valence-corrected chi connectivity index (χ4v) is 1.53. The number of hydrogen-bond acceptors (Lipinski definition) is 5. The molecule has 0 aliphatic carbocycles. The van der Waals surface area contributed by atoms with Crippen LogP contribution in [0.25, 0.3) is 0 Å². The molecule has 0 radical (unpaired) electrons. The summed E-state index contributed by atoms with van der Waals surface area (Å²) in [6.07, 6.45) is 2.32. The van der Waals surface area contributed by atoms with Crippen LogP contribution in [-0.2, 0) is 11.2 Å². The highest BCUT2D eigenvalue weighted by atomic mass is 16.5. The van der Waals surface area contributed by atoms with Crippen molar-refractivity contribution in [2.45, 2.75) is 19.4 Å². The Kier molecular flexibility index (Phi) is 5.74. The van der Waals surface area contributed by atoms with Crippen LogP contribution < -0.4 is 10.1 Å². The van der Waals surface area contributed by atoms with E-state index in [0.29, 0.717) is 12.5 Å². The average molecular weight is 225 g/mol. The Balaban J connectivity index is 2.60. The third kappa shape index (κ3) is 4.12. The Morgan fingerprint density at radius 1 is 1.38 bits per heavy atom. The van der Waals surface area contributed by atoms with E-state index in [1.807, 2.05) is 6.07 Å². The van der Waals surface area contributed by atoms with Gasteiger partial charge in [-0.1, -0.05) is 6.92 Å². The molecule has 0 saturated heterocycles. The van der Waals surface area contributed by atoms with Gasteiger partial charge in [0.2, 0.25) is 5.88 Å². The van der Waals surface area contributed by atoms with Crippen LogP contribution in [0.3, 0.4) is 0 Å². The first kappa shape index (κ1) is 12.9. The van der Waals surface area contributed by atoms with E-state index in [4.69, 9.17) is 9.47 Å². The van der Waals surface area contributed by atoms with Gasteiger partial charge in [0.25, 0.3) is 0 Å². The molecule has 1 unspecified atom stereocenters. The summed E-state index contributed by atoms with van der Waals surface area (Å²) in [5.74, 6) is 0.595. The lowest BCUT2D eigenvalue weighted by Crippen LogP contribution is -2.35. The second-order valence-electron chi connectivity index (χ2n) is 3.47. The highest BCUT2D eigenvalue weighted by molar-refractivity contribution is 5.14. The van der Waals surface area contributed by atoms with Crippen LogP contribution in [0.1, 0.15) is 12.6 Å². The zero-order valence-electron chi connectivity index (χ0n) is 10.1. The van der Waals surface area contributed by atoms with Gasteiger partial charge in [-0.2, -0.15) is 0 Å². The highest BCUT2D eigenvalue weighted by Crippen LogP contribution is 2.07. The van der Waals surface area contributed by atoms with Crippen LogP contribution >= 0.6 is 0 Å². The van der Waals surface area contributed by atoms with Gasteiger partial charge in [-0.05, 0) is 6.54 Å². The Hall–Kier alpha value is -1.20. The number of likely N-dealkylation sites (N-methyl/N-ethyl adjacent to an activating group) is 1. The summed E-state index contributed by atoms with van der Waals surface area (Å²) < 4.78 is 10.2. The predicted molar refractivity (Wildman–Crippen MR) is 61.6 cm³/mol. The normalized spacial score (nSPS) is 12.4. The molecule has 16 heavy (non-hydrogen) atoms. The van der Waals surface area contributed by atoms with Gasteiger partial charge < -0.3 is 14.8 Å². The van der Waals surface area contributed by atoms with Crippen molar-refractivity contribution in [2.24, 2.45) is 0 Å². The van der Waals surface area contributed by atoms with E-state index in [1.54, 1.807) is 14.2 Å². The van der Waals surface area contributed by atoms with Crippen molar-refractivity contribution < 1.29 is 9.47 Å². The monoisotopic (exact) mass is 225 g/mol. The summed E-state index contributed by atoms with van der Waals surface area (Å²) in [6.45, 7) is 3.65. The molecule has 0 aliphatic heterocycles. The Morgan fingerprint density at radius 3 is 2.81 bits per heavy atom. The molecule has 0 spiro atoms.